The van der Waals surface area contributed by atoms with Crippen molar-refractivity contribution in [1.82, 2.24) is 20.0 Å². The fourth-order valence-electron chi connectivity index (χ4n) is 1.72. The number of hydrogen-bond donors (Lipinski definition) is 1. The Morgan fingerprint density at radius 1 is 1.12 bits per heavy atom. The molecule has 0 fully saturated rings. The largest absolute Gasteiger partial charge is 0.508 e. The van der Waals surface area contributed by atoms with Crippen LogP contribution in [0.15, 0.2) is 42.7 Å². The molecule has 0 aliphatic carbocycles. The maximum absolute atomic E-state index is 9.21. The summed E-state index contributed by atoms with van der Waals surface area (Å²) >= 11 is 0. The lowest BCUT2D eigenvalue weighted by molar-refractivity contribution is 0.475. The minimum absolute atomic E-state index is 0.265. The number of hydrogen-bond acceptors (Lipinski definition) is 4. The molecule has 17 heavy (non-hydrogen) atoms. The number of fused-ring (bicyclic) bond motifs is 1. The van der Waals surface area contributed by atoms with E-state index >= 15 is 0 Å². The molecule has 0 aliphatic heterocycles. The van der Waals surface area contributed by atoms with Gasteiger partial charge in [-0.15, -0.1) is 5.10 Å². The fourth-order valence-corrected chi connectivity index (χ4v) is 1.72. The predicted molar refractivity (Wildman–Crippen MR) is 62.5 cm³/mol. The summed E-state index contributed by atoms with van der Waals surface area (Å²) in [5.74, 6) is 0.265. The maximum Gasteiger partial charge on any atom is 0.131 e. The van der Waals surface area contributed by atoms with Gasteiger partial charge in [0, 0.05) is 6.20 Å². The summed E-state index contributed by atoms with van der Waals surface area (Å²) < 4.78 is 1.81. The summed E-state index contributed by atoms with van der Waals surface area (Å²) in [4.78, 5) is 4.00. The molecule has 0 aliphatic rings. The van der Waals surface area contributed by atoms with Crippen molar-refractivity contribution < 1.29 is 5.11 Å². The van der Waals surface area contributed by atoms with Gasteiger partial charge in [0.05, 0.1) is 18.3 Å². The first-order valence-electron chi connectivity index (χ1n) is 5.24. The lowest BCUT2D eigenvalue weighted by atomic mass is 10.2. The summed E-state index contributed by atoms with van der Waals surface area (Å²) in [6, 6.07) is 8.94. The third kappa shape index (κ3) is 1.82. The normalized spacial score (nSPS) is 10.8. The van der Waals surface area contributed by atoms with Crippen LogP contribution in [0.25, 0.3) is 11.0 Å². The number of pyridine rings is 1. The molecule has 0 amide bonds. The van der Waals surface area contributed by atoms with Crippen molar-refractivity contribution in [2.24, 2.45) is 0 Å². The second-order valence-electron chi connectivity index (χ2n) is 3.78. The van der Waals surface area contributed by atoms with Gasteiger partial charge in [-0.2, -0.15) is 0 Å². The molecule has 84 valence electrons. The highest BCUT2D eigenvalue weighted by atomic mass is 16.3. The highest BCUT2D eigenvalue weighted by molar-refractivity contribution is 5.72. The lowest BCUT2D eigenvalue weighted by Gasteiger charge is -2.02. The summed E-state index contributed by atoms with van der Waals surface area (Å²) in [7, 11) is 0. The van der Waals surface area contributed by atoms with Crippen LogP contribution in [-0.2, 0) is 6.54 Å². The Bertz CT molecular complexity index is 645. The molecule has 5 heteroatoms. The van der Waals surface area contributed by atoms with Crippen molar-refractivity contribution in [1.29, 1.82) is 0 Å². The van der Waals surface area contributed by atoms with E-state index in [0.29, 0.717) is 6.54 Å². The zero-order chi connectivity index (χ0) is 11.7. The Morgan fingerprint density at radius 3 is 2.76 bits per heavy atom. The first-order chi connectivity index (χ1) is 8.33. The Labute approximate surface area is 97.3 Å². The van der Waals surface area contributed by atoms with Gasteiger partial charge in [-0.3, -0.25) is 4.98 Å². The molecule has 0 unspecified atom stereocenters. The molecule has 1 aromatic carbocycles. The van der Waals surface area contributed by atoms with Crippen LogP contribution in [0.5, 0.6) is 5.75 Å². The van der Waals surface area contributed by atoms with Crippen LogP contribution in [0.3, 0.4) is 0 Å². The molecular formula is C12H10N4O. The zero-order valence-corrected chi connectivity index (χ0v) is 8.98. The molecular weight excluding hydrogens is 216 g/mol. The summed E-state index contributed by atoms with van der Waals surface area (Å²) in [6.07, 6.45) is 3.41. The molecule has 3 rings (SSSR count). The van der Waals surface area contributed by atoms with Crippen LogP contribution in [-0.4, -0.2) is 25.1 Å². The fraction of sp³-hybridized carbons (Fsp3) is 0.0833. The van der Waals surface area contributed by atoms with Crippen molar-refractivity contribution in [3.05, 3.63) is 48.3 Å². The van der Waals surface area contributed by atoms with Crippen molar-refractivity contribution in [2.45, 2.75) is 6.54 Å². The monoisotopic (exact) mass is 226 g/mol. The van der Waals surface area contributed by atoms with Gasteiger partial charge in [-0.05, 0) is 23.8 Å². The van der Waals surface area contributed by atoms with E-state index in [2.05, 4.69) is 15.3 Å². The smallest absolute Gasteiger partial charge is 0.131 e. The van der Waals surface area contributed by atoms with Crippen molar-refractivity contribution in [2.75, 3.05) is 0 Å². The Hall–Kier alpha value is -2.43. The third-order valence-electron chi connectivity index (χ3n) is 2.58. The second kappa shape index (κ2) is 3.86. The molecule has 5 nitrogen and oxygen atoms in total. The number of rotatable bonds is 2. The van der Waals surface area contributed by atoms with Gasteiger partial charge < -0.3 is 5.11 Å². The van der Waals surface area contributed by atoms with E-state index in [1.54, 1.807) is 24.5 Å². The van der Waals surface area contributed by atoms with Gasteiger partial charge in [0.25, 0.3) is 0 Å². The molecule has 0 saturated carbocycles. The zero-order valence-electron chi connectivity index (χ0n) is 8.98. The quantitative estimate of drug-likeness (QED) is 0.720. The summed E-state index contributed by atoms with van der Waals surface area (Å²) in [6.45, 7) is 0.626. The standard InChI is InChI=1S/C12H10N4O/c17-10-3-1-9(2-4-10)8-16-12-5-6-13-7-11(12)14-15-16/h1-7,17H,8H2. The van der Waals surface area contributed by atoms with E-state index in [1.165, 1.54) is 0 Å². The molecule has 0 bridgehead atoms. The number of nitrogens with zero attached hydrogens (tertiary/aromatic N) is 4. The molecule has 0 saturated heterocycles. The average Bonchev–Trinajstić information content (AvgIpc) is 2.76. The number of benzene rings is 1. The minimum Gasteiger partial charge on any atom is -0.508 e. The predicted octanol–water partition coefficient (Wildman–Crippen LogP) is 1.58. The number of aromatic hydroxyl groups is 1. The van der Waals surface area contributed by atoms with E-state index in [4.69, 9.17) is 0 Å². The number of phenolic OH excluding ortho intramolecular Hbond substituents is 1. The van der Waals surface area contributed by atoms with Crippen LogP contribution in [0, 0.1) is 0 Å². The van der Waals surface area contributed by atoms with Gasteiger partial charge in [0.2, 0.25) is 0 Å². The van der Waals surface area contributed by atoms with Crippen molar-refractivity contribution in [3.63, 3.8) is 0 Å². The first kappa shape index (κ1) is 9.77. The van der Waals surface area contributed by atoms with E-state index < -0.39 is 0 Å². The molecule has 1 N–H and O–H groups in total. The first-order valence-corrected chi connectivity index (χ1v) is 5.24. The number of aromatic nitrogens is 4. The Morgan fingerprint density at radius 2 is 1.94 bits per heavy atom. The highest BCUT2D eigenvalue weighted by Crippen LogP contribution is 2.13. The van der Waals surface area contributed by atoms with Crippen LogP contribution in [0.1, 0.15) is 5.56 Å². The molecule has 3 aromatic rings. The summed E-state index contributed by atoms with van der Waals surface area (Å²) in [5.41, 5.74) is 2.80. The topological polar surface area (TPSA) is 63.8 Å². The van der Waals surface area contributed by atoms with Crippen LogP contribution >= 0.6 is 0 Å². The van der Waals surface area contributed by atoms with Crippen molar-refractivity contribution in [3.8, 4) is 5.75 Å². The van der Waals surface area contributed by atoms with E-state index in [0.717, 1.165) is 16.6 Å². The molecule has 0 radical (unpaired) electrons. The molecule has 2 heterocycles. The number of phenols is 1. The van der Waals surface area contributed by atoms with Gasteiger partial charge in [-0.25, -0.2) is 4.68 Å². The SMILES string of the molecule is Oc1ccc(Cn2nnc3cnccc32)cc1. The second-order valence-corrected chi connectivity index (χ2v) is 3.78. The van der Waals surface area contributed by atoms with Gasteiger partial charge in [0.1, 0.15) is 11.3 Å². The molecule has 2 aromatic heterocycles. The van der Waals surface area contributed by atoms with Crippen molar-refractivity contribution >= 4 is 11.0 Å². The molecule has 0 spiro atoms. The molecule has 0 atom stereocenters. The maximum atomic E-state index is 9.21. The summed E-state index contributed by atoms with van der Waals surface area (Å²) in [5, 5.41) is 17.3. The Kier molecular flexibility index (Phi) is 2.22. The van der Waals surface area contributed by atoms with Crippen LogP contribution in [0.2, 0.25) is 0 Å². The highest BCUT2D eigenvalue weighted by Gasteiger charge is 2.04. The third-order valence-corrected chi connectivity index (χ3v) is 2.58. The van der Waals surface area contributed by atoms with Gasteiger partial charge in [-0.1, -0.05) is 17.3 Å². The minimum atomic E-state index is 0.265. The van der Waals surface area contributed by atoms with E-state index in [9.17, 15) is 5.11 Å². The average molecular weight is 226 g/mol. The van der Waals surface area contributed by atoms with Crippen LogP contribution < -0.4 is 0 Å². The van der Waals surface area contributed by atoms with Gasteiger partial charge in [0.15, 0.2) is 0 Å². The van der Waals surface area contributed by atoms with Gasteiger partial charge >= 0.3 is 0 Å². The lowest BCUT2D eigenvalue weighted by Crippen LogP contribution is -2.01. The van der Waals surface area contributed by atoms with E-state index in [1.807, 2.05) is 22.9 Å². The Balaban J connectivity index is 1.97. The van der Waals surface area contributed by atoms with Crippen LogP contribution in [0.4, 0.5) is 0 Å². The van der Waals surface area contributed by atoms with E-state index in [-0.39, 0.29) is 5.75 Å².